The number of aliphatic carboxylic acids is 1. The van der Waals surface area contributed by atoms with Crippen molar-refractivity contribution in [1.29, 1.82) is 0 Å². The standard InChI is InChI=1S/C14H17F2NO2/c1-9(11-3-2-4-12(15)13(11)16)17-7-5-10(6-8-17)14(18)19/h2-4,9-10H,5-8H2,1H3,(H,18,19). The largest absolute Gasteiger partial charge is 0.481 e. The number of carboxylic acid groups (broad SMARTS) is 1. The second-order valence-corrected chi connectivity index (χ2v) is 4.97. The first-order valence-electron chi connectivity index (χ1n) is 6.41. The van der Waals surface area contributed by atoms with Gasteiger partial charge in [0.25, 0.3) is 0 Å². The number of halogens is 2. The van der Waals surface area contributed by atoms with Gasteiger partial charge in [0.15, 0.2) is 11.6 Å². The lowest BCUT2D eigenvalue weighted by molar-refractivity contribution is -0.143. The molecule has 0 bridgehead atoms. The van der Waals surface area contributed by atoms with E-state index in [4.69, 9.17) is 5.11 Å². The molecule has 0 aromatic heterocycles. The molecule has 5 heteroatoms. The first kappa shape index (κ1) is 13.9. The highest BCUT2D eigenvalue weighted by Crippen LogP contribution is 2.28. The maximum atomic E-state index is 13.7. The predicted octanol–water partition coefficient (Wildman–Crippen LogP) is 2.82. The third-order valence-corrected chi connectivity index (χ3v) is 3.86. The lowest BCUT2D eigenvalue weighted by Crippen LogP contribution is -2.38. The van der Waals surface area contributed by atoms with E-state index in [1.165, 1.54) is 6.07 Å². The van der Waals surface area contributed by atoms with E-state index in [-0.39, 0.29) is 12.0 Å². The number of benzene rings is 1. The third-order valence-electron chi connectivity index (χ3n) is 3.86. The zero-order valence-electron chi connectivity index (χ0n) is 10.8. The molecule has 1 fully saturated rings. The summed E-state index contributed by atoms with van der Waals surface area (Å²) in [5.74, 6) is -2.75. The Morgan fingerprint density at radius 2 is 2.00 bits per heavy atom. The summed E-state index contributed by atoms with van der Waals surface area (Å²) in [6.45, 7) is 3.00. The molecule has 1 aliphatic rings. The first-order valence-corrected chi connectivity index (χ1v) is 6.41. The molecule has 104 valence electrons. The Morgan fingerprint density at radius 1 is 1.37 bits per heavy atom. The quantitative estimate of drug-likeness (QED) is 0.917. The van der Waals surface area contributed by atoms with E-state index < -0.39 is 17.6 Å². The van der Waals surface area contributed by atoms with Gasteiger partial charge in [-0.1, -0.05) is 12.1 Å². The van der Waals surface area contributed by atoms with Crippen LogP contribution >= 0.6 is 0 Å². The number of hydrogen-bond acceptors (Lipinski definition) is 2. The summed E-state index contributed by atoms with van der Waals surface area (Å²) in [4.78, 5) is 12.9. The average Bonchev–Trinajstić information content (AvgIpc) is 2.41. The number of nitrogens with zero attached hydrogens (tertiary/aromatic N) is 1. The fourth-order valence-electron chi connectivity index (χ4n) is 2.57. The van der Waals surface area contributed by atoms with Crippen LogP contribution in [0.5, 0.6) is 0 Å². The topological polar surface area (TPSA) is 40.5 Å². The van der Waals surface area contributed by atoms with Crippen LogP contribution in [0.3, 0.4) is 0 Å². The SMILES string of the molecule is CC(c1cccc(F)c1F)N1CCC(C(=O)O)CC1. The highest BCUT2D eigenvalue weighted by molar-refractivity contribution is 5.70. The molecule has 0 saturated carbocycles. The lowest BCUT2D eigenvalue weighted by Gasteiger charge is -2.35. The van der Waals surface area contributed by atoms with Gasteiger partial charge in [-0.3, -0.25) is 9.69 Å². The molecule has 1 aromatic rings. The van der Waals surface area contributed by atoms with Crippen LogP contribution in [0.4, 0.5) is 8.78 Å². The van der Waals surface area contributed by atoms with Crippen LogP contribution in [0.15, 0.2) is 18.2 Å². The molecule has 1 N–H and O–H groups in total. The molecular weight excluding hydrogens is 252 g/mol. The molecule has 3 nitrogen and oxygen atoms in total. The number of likely N-dealkylation sites (tertiary alicyclic amines) is 1. The predicted molar refractivity (Wildman–Crippen MR) is 66.7 cm³/mol. The minimum absolute atomic E-state index is 0.245. The van der Waals surface area contributed by atoms with Crippen LogP contribution in [0.25, 0.3) is 0 Å². The number of carboxylic acids is 1. The summed E-state index contributed by atoms with van der Waals surface area (Å²) >= 11 is 0. The number of piperidine rings is 1. The maximum Gasteiger partial charge on any atom is 0.306 e. The summed E-state index contributed by atoms with van der Waals surface area (Å²) < 4.78 is 26.9. The number of hydrogen-bond donors (Lipinski definition) is 1. The number of carbonyl (C=O) groups is 1. The Labute approximate surface area is 110 Å². The monoisotopic (exact) mass is 269 g/mol. The van der Waals surface area contributed by atoms with Gasteiger partial charge in [-0.2, -0.15) is 0 Å². The van der Waals surface area contributed by atoms with Crippen LogP contribution in [-0.4, -0.2) is 29.1 Å². The van der Waals surface area contributed by atoms with Crippen LogP contribution < -0.4 is 0 Å². The van der Waals surface area contributed by atoms with Crippen molar-refractivity contribution in [3.63, 3.8) is 0 Å². The molecular formula is C14H17F2NO2. The zero-order valence-corrected chi connectivity index (χ0v) is 10.8. The highest BCUT2D eigenvalue weighted by Gasteiger charge is 2.28. The molecule has 0 amide bonds. The maximum absolute atomic E-state index is 13.7. The van der Waals surface area contributed by atoms with Gasteiger partial charge in [0.05, 0.1) is 5.92 Å². The van der Waals surface area contributed by atoms with Crippen molar-refractivity contribution in [2.75, 3.05) is 13.1 Å². The minimum Gasteiger partial charge on any atom is -0.481 e. The molecule has 1 saturated heterocycles. The van der Waals surface area contributed by atoms with Crippen LogP contribution in [0.2, 0.25) is 0 Å². The Kier molecular flexibility index (Phi) is 4.14. The van der Waals surface area contributed by atoms with Crippen LogP contribution in [0.1, 0.15) is 31.4 Å². The van der Waals surface area contributed by atoms with Gasteiger partial charge in [-0.15, -0.1) is 0 Å². The molecule has 2 rings (SSSR count). The van der Waals surface area contributed by atoms with E-state index in [1.807, 2.05) is 11.8 Å². The molecule has 19 heavy (non-hydrogen) atoms. The van der Waals surface area contributed by atoms with Gasteiger partial charge >= 0.3 is 5.97 Å². The summed E-state index contributed by atoms with van der Waals surface area (Å²) in [5.41, 5.74) is 0.328. The smallest absolute Gasteiger partial charge is 0.306 e. The van der Waals surface area contributed by atoms with E-state index in [0.29, 0.717) is 31.5 Å². The van der Waals surface area contributed by atoms with E-state index in [0.717, 1.165) is 6.07 Å². The van der Waals surface area contributed by atoms with E-state index in [2.05, 4.69) is 0 Å². The van der Waals surface area contributed by atoms with E-state index in [9.17, 15) is 13.6 Å². The normalized spacial score (nSPS) is 19.3. The summed E-state index contributed by atoms with van der Waals surface area (Å²) in [7, 11) is 0. The Hall–Kier alpha value is -1.49. The van der Waals surface area contributed by atoms with Crippen LogP contribution in [0, 0.1) is 17.6 Å². The number of rotatable bonds is 3. The highest BCUT2D eigenvalue weighted by atomic mass is 19.2. The molecule has 1 heterocycles. The van der Waals surface area contributed by atoms with E-state index >= 15 is 0 Å². The fourth-order valence-corrected chi connectivity index (χ4v) is 2.57. The summed E-state index contributed by atoms with van der Waals surface area (Å²) in [6, 6.07) is 3.92. The van der Waals surface area contributed by atoms with Gasteiger partial charge < -0.3 is 5.11 Å². The van der Waals surface area contributed by atoms with Crippen molar-refractivity contribution in [1.82, 2.24) is 4.90 Å². The Morgan fingerprint density at radius 3 is 2.58 bits per heavy atom. The Bertz CT molecular complexity index is 471. The van der Waals surface area contributed by atoms with Crippen molar-refractivity contribution in [3.05, 3.63) is 35.4 Å². The molecule has 0 radical (unpaired) electrons. The minimum atomic E-state index is -0.843. The van der Waals surface area contributed by atoms with Gasteiger partial charge in [-0.25, -0.2) is 8.78 Å². The van der Waals surface area contributed by atoms with Gasteiger partial charge in [0.2, 0.25) is 0 Å². The Balaban J connectivity index is 2.07. The molecule has 1 aliphatic heterocycles. The molecule has 1 aromatic carbocycles. The molecule has 1 unspecified atom stereocenters. The van der Waals surface area contributed by atoms with Crippen molar-refractivity contribution < 1.29 is 18.7 Å². The molecule has 1 atom stereocenters. The first-order chi connectivity index (χ1) is 9.00. The van der Waals surface area contributed by atoms with E-state index in [1.54, 1.807) is 6.07 Å². The van der Waals surface area contributed by atoms with Crippen molar-refractivity contribution in [2.24, 2.45) is 5.92 Å². The average molecular weight is 269 g/mol. The zero-order chi connectivity index (χ0) is 14.0. The summed E-state index contributed by atoms with van der Waals surface area (Å²) in [6.07, 6.45) is 1.10. The third kappa shape index (κ3) is 2.92. The molecule has 0 spiro atoms. The van der Waals surface area contributed by atoms with Gasteiger partial charge in [0, 0.05) is 11.6 Å². The van der Waals surface area contributed by atoms with Crippen molar-refractivity contribution >= 4 is 5.97 Å². The van der Waals surface area contributed by atoms with Crippen molar-refractivity contribution in [3.8, 4) is 0 Å². The van der Waals surface area contributed by atoms with Crippen molar-refractivity contribution in [2.45, 2.75) is 25.8 Å². The lowest BCUT2D eigenvalue weighted by atomic mass is 9.94. The van der Waals surface area contributed by atoms with Crippen LogP contribution in [-0.2, 0) is 4.79 Å². The fraction of sp³-hybridized carbons (Fsp3) is 0.500. The molecule has 0 aliphatic carbocycles. The second kappa shape index (κ2) is 5.65. The van der Waals surface area contributed by atoms with Gasteiger partial charge in [-0.05, 0) is 38.9 Å². The second-order valence-electron chi connectivity index (χ2n) is 4.97. The van der Waals surface area contributed by atoms with Gasteiger partial charge in [0.1, 0.15) is 0 Å². The summed E-state index contributed by atoms with van der Waals surface area (Å²) in [5, 5.41) is 8.93.